The Morgan fingerprint density at radius 1 is 0.697 bits per heavy atom. The van der Waals surface area contributed by atoms with Crippen molar-refractivity contribution >= 4 is 31.9 Å². The second-order valence-corrected chi connectivity index (χ2v) is 9.27. The van der Waals surface area contributed by atoms with Crippen LogP contribution >= 0.6 is 0 Å². The van der Waals surface area contributed by atoms with Crippen LogP contribution in [0.4, 0.5) is 0 Å². The normalized spacial score (nSPS) is 11.5. The Labute approximate surface area is 214 Å². The Bertz CT molecular complexity index is 1600. The van der Waals surface area contributed by atoms with E-state index in [-0.39, 0.29) is 34.5 Å². The molecule has 0 saturated carbocycles. The van der Waals surface area contributed by atoms with Gasteiger partial charge < -0.3 is 4.55 Å². The molecule has 1 heterocycles. The second-order valence-electron chi connectivity index (χ2n) is 7.93. The minimum Gasteiger partial charge on any atom is -0.744 e. The average Bonchev–Trinajstić information content (AvgIpc) is 2.77. The van der Waals surface area contributed by atoms with Gasteiger partial charge in [-0.15, -0.1) is 0 Å². The molecule has 0 radical (unpaired) electrons. The maximum Gasteiger partial charge on any atom is 1.00 e. The molecule has 5 nitrogen and oxygen atoms in total. The van der Waals surface area contributed by atoms with Crippen LogP contribution in [0.5, 0.6) is 0 Å². The molecule has 33 heavy (non-hydrogen) atoms. The number of aryl methyl sites for hydroxylation is 2. The van der Waals surface area contributed by atoms with E-state index in [1.54, 1.807) is 24.3 Å². The van der Waals surface area contributed by atoms with E-state index >= 15 is 0 Å². The third-order valence-corrected chi connectivity index (χ3v) is 6.44. The summed E-state index contributed by atoms with van der Waals surface area (Å²) in [4.78, 5) is 9.56. The van der Waals surface area contributed by atoms with Crippen molar-refractivity contribution in [3.8, 4) is 22.5 Å². The Hall–Kier alpha value is -2.61. The van der Waals surface area contributed by atoms with Crippen LogP contribution < -0.4 is 29.6 Å². The third-order valence-electron chi connectivity index (χ3n) is 5.54. The van der Waals surface area contributed by atoms with E-state index in [9.17, 15) is 13.0 Å². The van der Waals surface area contributed by atoms with Crippen LogP contribution in [-0.4, -0.2) is 22.9 Å². The van der Waals surface area contributed by atoms with Crippen molar-refractivity contribution in [1.29, 1.82) is 0 Å². The monoisotopic (exact) mass is 462 g/mol. The molecule has 0 aliphatic heterocycles. The van der Waals surface area contributed by atoms with Crippen LogP contribution in [0.3, 0.4) is 0 Å². The first kappa shape index (κ1) is 23.5. The van der Waals surface area contributed by atoms with Crippen molar-refractivity contribution in [2.24, 2.45) is 0 Å². The Kier molecular flexibility index (Phi) is 6.40. The molecule has 0 N–H and O–H groups in total. The molecule has 0 aliphatic carbocycles. The van der Waals surface area contributed by atoms with Gasteiger partial charge in [-0.25, -0.2) is 18.4 Å². The molecule has 1 aromatic heterocycles. The van der Waals surface area contributed by atoms with Crippen LogP contribution in [0.15, 0.2) is 83.8 Å². The molecule has 0 atom stereocenters. The molecule has 0 amide bonds. The van der Waals surface area contributed by atoms with Crippen LogP contribution in [0.25, 0.3) is 44.3 Å². The summed E-state index contributed by atoms with van der Waals surface area (Å²) < 4.78 is 35.3. The maximum atomic E-state index is 11.8. The summed E-state index contributed by atoms with van der Waals surface area (Å²) in [7, 11) is -4.62. The molecular weight excluding hydrogens is 443 g/mol. The van der Waals surface area contributed by atoms with Gasteiger partial charge in [0.05, 0.1) is 27.3 Å². The molecule has 7 heteroatoms. The van der Waals surface area contributed by atoms with E-state index in [2.05, 4.69) is 0 Å². The van der Waals surface area contributed by atoms with Crippen molar-refractivity contribution in [3.05, 3.63) is 90.0 Å². The van der Waals surface area contributed by atoms with E-state index in [4.69, 9.17) is 9.97 Å². The molecule has 5 aromatic rings. The minimum absolute atomic E-state index is 0. The van der Waals surface area contributed by atoms with Crippen molar-refractivity contribution < 1.29 is 42.5 Å². The first-order valence-corrected chi connectivity index (χ1v) is 11.5. The van der Waals surface area contributed by atoms with Crippen LogP contribution in [0.1, 0.15) is 11.1 Å². The zero-order chi connectivity index (χ0) is 22.5. The Morgan fingerprint density at radius 2 is 1.18 bits per heavy atom. The molecule has 0 aliphatic rings. The molecule has 5 rings (SSSR count). The molecule has 4 aromatic carbocycles. The number of rotatable bonds is 3. The number of hydrogen-bond acceptors (Lipinski definition) is 5. The second kappa shape index (κ2) is 8.97. The minimum atomic E-state index is -4.62. The molecule has 0 unspecified atom stereocenters. The molecular formula is C26H19N2NaO3S. The number of aromatic nitrogens is 2. The number of benzene rings is 4. The van der Waals surface area contributed by atoms with Gasteiger partial charge in [0, 0.05) is 16.5 Å². The standard InChI is InChI=1S/C26H20N2O3S.Na/c1-16-6-10-18(11-7-16)25-26(19-12-8-17(2)9-13-19)28-23-15-21-20(14-22(23)27-25)4-3-5-24(21)32(29,30)31;/h3-15H,1-2H3,(H,29,30,31);/q;+1/p-1. The van der Waals surface area contributed by atoms with Crippen molar-refractivity contribution in [1.82, 2.24) is 9.97 Å². The van der Waals surface area contributed by atoms with E-state index < -0.39 is 10.1 Å². The summed E-state index contributed by atoms with van der Waals surface area (Å²) in [5.74, 6) is 0. The maximum absolute atomic E-state index is 11.8. The Morgan fingerprint density at radius 3 is 1.67 bits per heavy atom. The SMILES string of the molecule is Cc1ccc(-c2nc3cc4cccc(S(=O)(=O)[O-])c4cc3nc2-c2ccc(C)cc2)cc1.[Na+]. The predicted molar refractivity (Wildman–Crippen MR) is 125 cm³/mol. The smallest absolute Gasteiger partial charge is 0.744 e. The fraction of sp³-hybridized carbons (Fsp3) is 0.0769. The topological polar surface area (TPSA) is 83.0 Å². The van der Waals surface area contributed by atoms with Crippen molar-refractivity contribution in [2.75, 3.05) is 0 Å². The van der Waals surface area contributed by atoms with Gasteiger partial charge in [0.1, 0.15) is 10.1 Å². The van der Waals surface area contributed by atoms with Crippen LogP contribution in [-0.2, 0) is 10.1 Å². The summed E-state index contributed by atoms with van der Waals surface area (Å²) in [6, 6.07) is 24.2. The molecule has 0 bridgehead atoms. The van der Waals surface area contributed by atoms with E-state index in [0.29, 0.717) is 27.5 Å². The van der Waals surface area contributed by atoms with Gasteiger partial charge in [0.15, 0.2) is 0 Å². The molecule has 0 fully saturated rings. The zero-order valence-electron chi connectivity index (χ0n) is 18.5. The fourth-order valence-corrected chi connectivity index (χ4v) is 4.53. The van der Waals surface area contributed by atoms with Gasteiger partial charge in [-0.2, -0.15) is 0 Å². The van der Waals surface area contributed by atoms with Gasteiger partial charge in [-0.05, 0) is 37.4 Å². The van der Waals surface area contributed by atoms with E-state index in [1.165, 1.54) is 6.07 Å². The third kappa shape index (κ3) is 4.58. The summed E-state index contributed by atoms with van der Waals surface area (Å²) in [6.07, 6.45) is 0. The first-order valence-electron chi connectivity index (χ1n) is 10.1. The van der Waals surface area contributed by atoms with Gasteiger partial charge in [0.25, 0.3) is 0 Å². The molecule has 0 saturated heterocycles. The first-order chi connectivity index (χ1) is 15.3. The number of nitrogens with zero attached hydrogens (tertiary/aromatic N) is 2. The van der Waals surface area contributed by atoms with E-state index in [0.717, 1.165) is 27.9 Å². The zero-order valence-corrected chi connectivity index (χ0v) is 21.3. The predicted octanol–water partition coefficient (Wildman–Crippen LogP) is 2.64. The fourth-order valence-electron chi connectivity index (χ4n) is 3.84. The van der Waals surface area contributed by atoms with Gasteiger partial charge in [-0.1, -0.05) is 71.8 Å². The average molecular weight is 463 g/mol. The largest absolute Gasteiger partial charge is 1.00 e. The van der Waals surface area contributed by atoms with Crippen LogP contribution in [0, 0.1) is 13.8 Å². The summed E-state index contributed by atoms with van der Waals surface area (Å²) in [5.41, 5.74) is 6.73. The van der Waals surface area contributed by atoms with Crippen LogP contribution in [0.2, 0.25) is 0 Å². The molecule has 158 valence electrons. The van der Waals surface area contributed by atoms with E-state index in [1.807, 2.05) is 62.4 Å². The summed E-state index contributed by atoms with van der Waals surface area (Å²) in [5, 5.41) is 0.976. The Balaban J connectivity index is 0.00000259. The number of hydrogen-bond donors (Lipinski definition) is 0. The van der Waals surface area contributed by atoms with Crippen molar-refractivity contribution in [2.45, 2.75) is 18.7 Å². The molecule has 0 spiro atoms. The van der Waals surface area contributed by atoms with Gasteiger partial charge in [0.2, 0.25) is 0 Å². The summed E-state index contributed by atoms with van der Waals surface area (Å²) >= 11 is 0. The van der Waals surface area contributed by atoms with Gasteiger partial charge >= 0.3 is 29.6 Å². The summed E-state index contributed by atoms with van der Waals surface area (Å²) in [6.45, 7) is 4.05. The van der Waals surface area contributed by atoms with Crippen molar-refractivity contribution in [3.63, 3.8) is 0 Å². The number of fused-ring (bicyclic) bond motifs is 2. The quantitative estimate of drug-likeness (QED) is 0.234. The van der Waals surface area contributed by atoms with Gasteiger partial charge in [-0.3, -0.25) is 0 Å².